The number of likely N-dealkylation sites (tertiary alicyclic amines) is 1. The monoisotopic (exact) mass is 201 g/mol. The second kappa shape index (κ2) is 4.61. The van der Waals surface area contributed by atoms with Crippen molar-refractivity contribution in [3.63, 3.8) is 0 Å². The van der Waals surface area contributed by atoms with Crippen molar-refractivity contribution in [2.75, 3.05) is 20.3 Å². The Morgan fingerprint density at radius 3 is 2.36 bits per heavy atom. The first-order valence-corrected chi connectivity index (χ1v) is 5.68. The van der Waals surface area contributed by atoms with Crippen molar-refractivity contribution < 1.29 is 4.39 Å². The SMILES string of the molecule is CN1CC(CC(C)(C)C)CCC1CF. The maximum Gasteiger partial charge on any atom is 0.105 e. The Hall–Kier alpha value is -0.110. The highest BCUT2D eigenvalue weighted by molar-refractivity contribution is 4.81. The van der Waals surface area contributed by atoms with Crippen LogP contribution in [0, 0.1) is 11.3 Å². The minimum Gasteiger partial charge on any atom is -0.301 e. The standard InChI is InChI=1S/C12H24FN/c1-12(2,3)7-10-5-6-11(8-13)14(4)9-10/h10-11H,5-9H2,1-4H3. The highest BCUT2D eigenvalue weighted by atomic mass is 19.1. The van der Waals surface area contributed by atoms with Crippen molar-refractivity contribution in [3.05, 3.63) is 0 Å². The van der Waals surface area contributed by atoms with Gasteiger partial charge in [0.15, 0.2) is 0 Å². The Labute approximate surface area is 87.7 Å². The minimum absolute atomic E-state index is 0.182. The summed E-state index contributed by atoms with van der Waals surface area (Å²) in [5.74, 6) is 0.766. The lowest BCUT2D eigenvalue weighted by atomic mass is 9.80. The van der Waals surface area contributed by atoms with Gasteiger partial charge in [-0.1, -0.05) is 20.8 Å². The molecule has 1 aliphatic heterocycles. The van der Waals surface area contributed by atoms with E-state index in [-0.39, 0.29) is 12.7 Å². The molecule has 1 fully saturated rings. The van der Waals surface area contributed by atoms with Crippen molar-refractivity contribution in [3.8, 4) is 0 Å². The van der Waals surface area contributed by atoms with E-state index in [0.717, 1.165) is 18.9 Å². The largest absolute Gasteiger partial charge is 0.301 e. The maximum atomic E-state index is 12.6. The molecule has 0 aromatic rings. The molecule has 0 amide bonds. The topological polar surface area (TPSA) is 3.24 Å². The molecule has 84 valence electrons. The summed E-state index contributed by atoms with van der Waals surface area (Å²) in [4.78, 5) is 2.19. The number of rotatable bonds is 2. The molecule has 0 radical (unpaired) electrons. The molecule has 1 aliphatic rings. The van der Waals surface area contributed by atoms with Gasteiger partial charge in [0.25, 0.3) is 0 Å². The van der Waals surface area contributed by atoms with Crippen LogP contribution in [0.3, 0.4) is 0 Å². The lowest BCUT2D eigenvalue weighted by molar-refractivity contribution is 0.0954. The normalized spacial score (nSPS) is 30.6. The highest BCUT2D eigenvalue weighted by Crippen LogP contribution is 2.31. The zero-order chi connectivity index (χ0) is 10.8. The van der Waals surface area contributed by atoms with E-state index >= 15 is 0 Å². The fraction of sp³-hybridized carbons (Fsp3) is 1.00. The van der Waals surface area contributed by atoms with Gasteiger partial charge >= 0.3 is 0 Å². The molecule has 1 heterocycles. The molecule has 0 aliphatic carbocycles. The number of piperidine rings is 1. The van der Waals surface area contributed by atoms with Gasteiger partial charge in [-0.2, -0.15) is 0 Å². The molecule has 0 bridgehead atoms. The highest BCUT2D eigenvalue weighted by Gasteiger charge is 2.28. The van der Waals surface area contributed by atoms with E-state index in [4.69, 9.17) is 0 Å². The molecule has 1 saturated heterocycles. The smallest absolute Gasteiger partial charge is 0.105 e. The molecule has 14 heavy (non-hydrogen) atoms. The van der Waals surface area contributed by atoms with Gasteiger partial charge in [0.1, 0.15) is 6.67 Å². The van der Waals surface area contributed by atoms with Gasteiger partial charge < -0.3 is 4.90 Å². The summed E-state index contributed by atoms with van der Waals surface area (Å²) >= 11 is 0. The van der Waals surface area contributed by atoms with Crippen LogP contribution in [0.4, 0.5) is 4.39 Å². The molecule has 2 heteroatoms. The average molecular weight is 201 g/mol. The van der Waals surface area contributed by atoms with Crippen LogP contribution in [-0.4, -0.2) is 31.2 Å². The lowest BCUT2D eigenvalue weighted by Gasteiger charge is -2.38. The van der Waals surface area contributed by atoms with Crippen molar-refractivity contribution in [2.45, 2.75) is 46.1 Å². The zero-order valence-corrected chi connectivity index (χ0v) is 10.0. The van der Waals surface area contributed by atoms with Crippen molar-refractivity contribution in [1.82, 2.24) is 4.90 Å². The van der Waals surface area contributed by atoms with Gasteiger partial charge in [-0.15, -0.1) is 0 Å². The first kappa shape index (κ1) is 12.0. The third-order valence-corrected chi connectivity index (χ3v) is 3.16. The summed E-state index contributed by atoms with van der Waals surface area (Å²) in [6.45, 7) is 7.75. The van der Waals surface area contributed by atoms with Crippen LogP contribution in [0.2, 0.25) is 0 Å². The third-order valence-electron chi connectivity index (χ3n) is 3.16. The second-order valence-electron chi connectivity index (χ2n) is 5.96. The van der Waals surface area contributed by atoms with E-state index in [9.17, 15) is 4.39 Å². The van der Waals surface area contributed by atoms with Gasteiger partial charge in [-0.05, 0) is 37.6 Å². The Kier molecular flexibility index (Phi) is 3.94. The molecular weight excluding hydrogens is 177 g/mol. The van der Waals surface area contributed by atoms with Gasteiger partial charge in [-0.25, -0.2) is 4.39 Å². The second-order valence-corrected chi connectivity index (χ2v) is 5.96. The van der Waals surface area contributed by atoms with E-state index < -0.39 is 0 Å². The maximum absolute atomic E-state index is 12.6. The van der Waals surface area contributed by atoms with Gasteiger partial charge in [0, 0.05) is 12.6 Å². The van der Waals surface area contributed by atoms with E-state index in [2.05, 4.69) is 32.7 Å². The predicted octanol–water partition coefficient (Wildman–Crippen LogP) is 3.10. The summed E-state index contributed by atoms with van der Waals surface area (Å²) in [6.07, 6.45) is 3.50. The van der Waals surface area contributed by atoms with E-state index in [1.807, 2.05) is 0 Å². The molecule has 0 saturated carbocycles. The molecule has 0 aromatic carbocycles. The third kappa shape index (κ3) is 3.56. The first-order chi connectivity index (χ1) is 6.42. The number of hydrogen-bond acceptors (Lipinski definition) is 1. The van der Waals surface area contributed by atoms with Crippen molar-refractivity contribution in [1.29, 1.82) is 0 Å². The van der Waals surface area contributed by atoms with Crippen LogP contribution in [-0.2, 0) is 0 Å². The summed E-state index contributed by atoms with van der Waals surface area (Å²) in [5.41, 5.74) is 0.411. The average Bonchev–Trinajstić information content (AvgIpc) is 2.01. The van der Waals surface area contributed by atoms with E-state index in [1.54, 1.807) is 0 Å². The quantitative estimate of drug-likeness (QED) is 0.663. The molecule has 0 N–H and O–H groups in total. The fourth-order valence-electron chi connectivity index (χ4n) is 2.52. The van der Waals surface area contributed by atoms with Crippen molar-refractivity contribution in [2.24, 2.45) is 11.3 Å². The molecule has 0 aromatic heterocycles. The van der Waals surface area contributed by atoms with Crippen LogP contribution in [0.1, 0.15) is 40.0 Å². The number of alkyl halides is 1. The zero-order valence-electron chi connectivity index (χ0n) is 10.0. The Morgan fingerprint density at radius 2 is 1.93 bits per heavy atom. The lowest BCUT2D eigenvalue weighted by Crippen LogP contribution is -2.42. The Morgan fingerprint density at radius 1 is 1.29 bits per heavy atom. The summed E-state index contributed by atoms with van der Waals surface area (Å²) in [6, 6.07) is 0.186. The summed E-state index contributed by atoms with van der Waals surface area (Å²) in [5, 5.41) is 0. The molecule has 2 atom stereocenters. The number of hydrogen-bond donors (Lipinski definition) is 0. The molecule has 1 rings (SSSR count). The molecule has 1 nitrogen and oxygen atoms in total. The van der Waals surface area contributed by atoms with Gasteiger partial charge in [-0.3, -0.25) is 0 Å². The molecular formula is C12H24FN. The fourth-order valence-corrected chi connectivity index (χ4v) is 2.52. The Balaban J connectivity index is 2.39. The Bertz CT molecular complexity index is 174. The molecule has 0 spiro atoms. The van der Waals surface area contributed by atoms with Gasteiger partial charge in [0.05, 0.1) is 0 Å². The van der Waals surface area contributed by atoms with Crippen molar-refractivity contribution >= 4 is 0 Å². The van der Waals surface area contributed by atoms with Crippen LogP contribution >= 0.6 is 0 Å². The van der Waals surface area contributed by atoms with Crippen LogP contribution in [0.25, 0.3) is 0 Å². The minimum atomic E-state index is -0.182. The summed E-state index contributed by atoms with van der Waals surface area (Å²) < 4.78 is 12.6. The van der Waals surface area contributed by atoms with Gasteiger partial charge in [0.2, 0.25) is 0 Å². The number of halogens is 1. The van der Waals surface area contributed by atoms with E-state index in [0.29, 0.717) is 5.41 Å². The van der Waals surface area contributed by atoms with Crippen LogP contribution < -0.4 is 0 Å². The number of nitrogens with zero attached hydrogens (tertiary/aromatic N) is 1. The summed E-state index contributed by atoms with van der Waals surface area (Å²) in [7, 11) is 2.05. The van der Waals surface area contributed by atoms with Crippen LogP contribution in [0.5, 0.6) is 0 Å². The first-order valence-electron chi connectivity index (χ1n) is 5.68. The molecule has 2 unspecified atom stereocenters. The van der Waals surface area contributed by atoms with E-state index in [1.165, 1.54) is 12.8 Å². The van der Waals surface area contributed by atoms with Crippen LogP contribution in [0.15, 0.2) is 0 Å². The predicted molar refractivity (Wildman–Crippen MR) is 59.2 cm³/mol.